The molecule has 0 bridgehead atoms. The maximum atomic E-state index is 10.9. The van der Waals surface area contributed by atoms with Crippen molar-refractivity contribution in [2.45, 2.75) is 20.3 Å². The maximum absolute atomic E-state index is 10.9. The number of aryl methyl sites for hydroxylation is 1. The topological polar surface area (TPSA) is 100 Å². The lowest BCUT2D eigenvalue weighted by atomic mass is 10.1. The summed E-state index contributed by atoms with van der Waals surface area (Å²) in [4.78, 5) is 22.6. The van der Waals surface area contributed by atoms with Crippen LogP contribution in [-0.4, -0.2) is 26.0 Å². The molecule has 2 rings (SSSR count). The zero-order chi connectivity index (χ0) is 14.5. The van der Waals surface area contributed by atoms with Crippen molar-refractivity contribution in [3.63, 3.8) is 0 Å². The van der Waals surface area contributed by atoms with Crippen molar-refractivity contribution in [1.29, 1.82) is 0 Å². The van der Waals surface area contributed by atoms with Gasteiger partial charge < -0.3 is 5.11 Å². The third-order valence-electron chi connectivity index (χ3n) is 2.61. The summed E-state index contributed by atoms with van der Waals surface area (Å²) in [5.74, 6) is 0.136. The van der Waals surface area contributed by atoms with Crippen molar-refractivity contribution in [3.05, 3.63) is 29.8 Å². The van der Waals surface area contributed by atoms with Gasteiger partial charge in [0.1, 0.15) is 0 Å². The van der Waals surface area contributed by atoms with E-state index in [-0.39, 0.29) is 11.9 Å². The van der Waals surface area contributed by atoms with E-state index in [4.69, 9.17) is 0 Å². The molecule has 0 atom stereocenters. The Morgan fingerprint density at radius 1 is 1.25 bits per heavy atom. The highest BCUT2D eigenvalue weighted by atomic mass is 16.3. The van der Waals surface area contributed by atoms with E-state index in [1.165, 1.54) is 6.92 Å². The number of anilines is 1. The Balaban J connectivity index is 2.38. The summed E-state index contributed by atoms with van der Waals surface area (Å²) in [5, 5.41) is 9.57. The van der Waals surface area contributed by atoms with E-state index in [1.54, 1.807) is 0 Å². The molecule has 0 aliphatic heterocycles. The largest absolute Gasteiger partial charge is 0.479 e. The van der Waals surface area contributed by atoms with Gasteiger partial charge in [0.05, 0.1) is 0 Å². The zero-order valence-electron chi connectivity index (χ0n) is 11.2. The first-order valence-corrected chi connectivity index (χ1v) is 6.16. The quantitative estimate of drug-likeness (QED) is 0.725. The Hall–Kier alpha value is -2.70. The van der Waals surface area contributed by atoms with Crippen LogP contribution in [0.3, 0.4) is 0 Å². The van der Waals surface area contributed by atoms with Crippen molar-refractivity contribution in [2.24, 2.45) is 0 Å². The number of hydrazine groups is 1. The number of hydrogen-bond donors (Lipinski definition) is 3. The molecule has 7 heteroatoms. The number of aromatic nitrogens is 3. The highest BCUT2D eigenvalue weighted by molar-refractivity contribution is 5.74. The first-order chi connectivity index (χ1) is 9.60. The monoisotopic (exact) mass is 273 g/mol. The van der Waals surface area contributed by atoms with Gasteiger partial charge in [0.15, 0.2) is 5.82 Å². The van der Waals surface area contributed by atoms with Crippen LogP contribution in [0, 0.1) is 0 Å². The van der Waals surface area contributed by atoms with Gasteiger partial charge in [-0.15, -0.1) is 0 Å². The fourth-order valence-electron chi connectivity index (χ4n) is 1.73. The van der Waals surface area contributed by atoms with Crippen LogP contribution in [0.1, 0.15) is 19.4 Å². The molecule has 0 aliphatic rings. The minimum Gasteiger partial charge on any atom is -0.479 e. The number of carbonyl (C=O) groups excluding carboxylic acids is 1. The summed E-state index contributed by atoms with van der Waals surface area (Å²) in [6.45, 7) is 3.37. The Morgan fingerprint density at radius 2 is 2.00 bits per heavy atom. The second-order valence-electron chi connectivity index (χ2n) is 4.10. The van der Waals surface area contributed by atoms with Crippen molar-refractivity contribution in [2.75, 3.05) is 5.43 Å². The summed E-state index contributed by atoms with van der Waals surface area (Å²) in [6.07, 6.45) is 0.817. The Morgan fingerprint density at radius 3 is 2.70 bits per heavy atom. The van der Waals surface area contributed by atoms with Crippen LogP contribution in [0.2, 0.25) is 0 Å². The molecule has 0 unspecified atom stereocenters. The van der Waals surface area contributed by atoms with Crippen LogP contribution in [0.4, 0.5) is 5.95 Å². The molecule has 0 fully saturated rings. The predicted molar refractivity (Wildman–Crippen MR) is 73.7 cm³/mol. The summed E-state index contributed by atoms with van der Waals surface area (Å²) < 4.78 is 0. The molecule has 0 saturated heterocycles. The normalized spacial score (nSPS) is 10.1. The van der Waals surface area contributed by atoms with Gasteiger partial charge in [-0.25, -0.2) is 0 Å². The Labute approximate surface area is 116 Å². The molecule has 104 valence electrons. The number of amides is 1. The van der Waals surface area contributed by atoms with Gasteiger partial charge >= 0.3 is 6.01 Å². The molecular weight excluding hydrogens is 258 g/mol. The Bertz CT molecular complexity index is 630. The number of carbonyl (C=O) groups is 1. The van der Waals surface area contributed by atoms with Crippen LogP contribution in [0.15, 0.2) is 24.3 Å². The second-order valence-corrected chi connectivity index (χ2v) is 4.10. The van der Waals surface area contributed by atoms with Crippen molar-refractivity contribution in [1.82, 2.24) is 20.4 Å². The molecule has 2 aromatic rings. The van der Waals surface area contributed by atoms with Crippen LogP contribution < -0.4 is 10.9 Å². The second kappa shape index (κ2) is 5.96. The van der Waals surface area contributed by atoms with Crippen molar-refractivity contribution < 1.29 is 9.90 Å². The lowest BCUT2D eigenvalue weighted by Gasteiger charge is -2.09. The minimum absolute atomic E-state index is 0.0774. The molecule has 0 aliphatic carbocycles. The minimum atomic E-state index is -0.409. The van der Waals surface area contributed by atoms with E-state index < -0.39 is 6.01 Å². The number of nitrogens with zero attached hydrogens (tertiary/aromatic N) is 3. The number of rotatable bonds is 4. The number of aromatic hydroxyl groups is 1. The molecule has 1 aromatic heterocycles. The predicted octanol–water partition coefficient (Wildman–Crippen LogP) is 1.27. The number of hydrogen-bond acceptors (Lipinski definition) is 6. The SMILES string of the molecule is CCc1ccccc1-c1nc(O)nc(NNC(C)=O)n1. The van der Waals surface area contributed by atoms with E-state index in [0.717, 1.165) is 17.5 Å². The van der Waals surface area contributed by atoms with Crippen molar-refractivity contribution >= 4 is 11.9 Å². The standard InChI is InChI=1S/C13H15N5O2/c1-3-9-6-4-5-7-10(9)11-14-12(16-13(20)15-11)18-17-8(2)19/h4-7H,3H2,1-2H3,(H,17,19)(H2,14,15,16,18,20). The van der Waals surface area contributed by atoms with E-state index in [0.29, 0.717) is 5.82 Å². The average molecular weight is 273 g/mol. The van der Waals surface area contributed by atoms with Gasteiger partial charge in [0, 0.05) is 12.5 Å². The molecule has 7 nitrogen and oxygen atoms in total. The van der Waals surface area contributed by atoms with Gasteiger partial charge in [-0.3, -0.25) is 15.6 Å². The maximum Gasteiger partial charge on any atom is 0.319 e. The number of nitrogens with one attached hydrogen (secondary N) is 2. The summed E-state index contributed by atoms with van der Waals surface area (Å²) >= 11 is 0. The van der Waals surface area contributed by atoms with E-state index in [9.17, 15) is 9.90 Å². The summed E-state index contributed by atoms with van der Waals surface area (Å²) in [6, 6.07) is 7.23. The lowest BCUT2D eigenvalue weighted by molar-refractivity contribution is -0.118. The smallest absolute Gasteiger partial charge is 0.319 e. The lowest BCUT2D eigenvalue weighted by Crippen LogP contribution is -2.27. The van der Waals surface area contributed by atoms with Crippen LogP contribution in [0.5, 0.6) is 6.01 Å². The Kier molecular flexibility index (Phi) is 4.09. The van der Waals surface area contributed by atoms with Crippen molar-refractivity contribution in [3.8, 4) is 17.4 Å². The third kappa shape index (κ3) is 3.19. The van der Waals surface area contributed by atoms with Crippen LogP contribution in [-0.2, 0) is 11.2 Å². The van der Waals surface area contributed by atoms with Gasteiger partial charge in [-0.2, -0.15) is 15.0 Å². The molecule has 1 heterocycles. The van der Waals surface area contributed by atoms with Crippen LogP contribution >= 0.6 is 0 Å². The molecule has 3 N–H and O–H groups in total. The molecule has 0 saturated carbocycles. The molecule has 0 radical (unpaired) electrons. The average Bonchev–Trinajstić information content (AvgIpc) is 2.44. The van der Waals surface area contributed by atoms with Gasteiger partial charge in [-0.05, 0) is 12.0 Å². The fourth-order valence-corrected chi connectivity index (χ4v) is 1.73. The van der Waals surface area contributed by atoms with Crippen LogP contribution in [0.25, 0.3) is 11.4 Å². The summed E-state index contributed by atoms with van der Waals surface area (Å²) in [5.41, 5.74) is 6.73. The van der Waals surface area contributed by atoms with Gasteiger partial charge in [0.25, 0.3) is 0 Å². The van der Waals surface area contributed by atoms with E-state index >= 15 is 0 Å². The van der Waals surface area contributed by atoms with E-state index in [2.05, 4.69) is 25.8 Å². The molecule has 0 spiro atoms. The first-order valence-electron chi connectivity index (χ1n) is 6.16. The van der Waals surface area contributed by atoms with E-state index in [1.807, 2.05) is 31.2 Å². The van der Waals surface area contributed by atoms with Gasteiger partial charge in [-0.1, -0.05) is 31.2 Å². The first kappa shape index (κ1) is 13.7. The molecule has 1 aromatic carbocycles. The van der Waals surface area contributed by atoms with Gasteiger partial charge in [0.2, 0.25) is 11.9 Å². The third-order valence-corrected chi connectivity index (χ3v) is 2.61. The number of benzene rings is 1. The summed E-state index contributed by atoms with van der Waals surface area (Å²) in [7, 11) is 0. The highest BCUT2D eigenvalue weighted by Crippen LogP contribution is 2.22. The highest BCUT2D eigenvalue weighted by Gasteiger charge is 2.10. The molecular formula is C13H15N5O2. The zero-order valence-corrected chi connectivity index (χ0v) is 11.2. The molecule has 1 amide bonds. The fraction of sp³-hybridized carbons (Fsp3) is 0.231. The molecule has 20 heavy (non-hydrogen) atoms.